The SMILES string of the molecule is CC(=O)N(CC(=O)Nc1ccc(F)cc1)c1cccc2cccnc12. The number of carbonyl (C=O) groups is 2. The summed E-state index contributed by atoms with van der Waals surface area (Å²) in [5.41, 5.74) is 1.68. The van der Waals surface area contributed by atoms with Crippen molar-refractivity contribution in [3.8, 4) is 0 Å². The van der Waals surface area contributed by atoms with E-state index in [0.717, 1.165) is 5.39 Å². The molecule has 0 saturated heterocycles. The first-order chi connectivity index (χ1) is 12.0. The molecular formula is C19H16FN3O2. The molecule has 0 aliphatic rings. The van der Waals surface area contributed by atoms with Crippen LogP contribution in [0.25, 0.3) is 10.9 Å². The summed E-state index contributed by atoms with van der Waals surface area (Å²) in [6, 6.07) is 14.6. The molecule has 0 bridgehead atoms. The van der Waals surface area contributed by atoms with Crippen LogP contribution < -0.4 is 10.2 Å². The van der Waals surface area contributed by atoms with E-state index in [4.69, 9.17) is 0 Å². The van der Waals surface area contributed by atoms with E-state index in [1.807, 2.05) is 24.3 Å². The van der Waals surface area contributed by atoms with Gasteiger partial charge in [-0.15, -0.1) is 0 Å². The second-order valence-electron chi connectivity index (χ2n) is 5.51. The highest BCUT2D eigenvalue weighted by Crippen LogP contribution is 2.25. The third-order valence-corrected chi connectivity index (χ3v) is 3.71. The van der Waals surface area contributed by atoms with Crippen LogP contribution in [0.3, 0.4) is 0 Å². The number of benzene rings is 2. The zero-order chi connectivity index (χ0) is 17.8. The van der Waals surface area contributed by atoms with Gasteiger partial charge in [-0.05, 0) is 36.4 Å². The van der Waals surface area contributed by atoms with E-state index in [0.29, 0.717) is 16.9 Å². The number of aromatic nitrogens is 1. The Morgan fingerprint density at radius 3 is 2.52 bits per heavy atom. The second-order valence-corrected chi connectivity index (χ2v) is 5.51. The fourth-order valence-corrected chi connectivity index (χ4v) is 2.55. The maximum absolute atomic E-state index is 12.9. The van der Waals surface area contributed by atoms with Gasteiger partial charge in [0.15, 0.2) is 0 Å². The normalized spacial score (nSPS) is 10.5. The molecule has 1 aromatic heterocycles. The molecule has 3 rings (SSSR count). The molecule has 0 atom stereocenters. The molecular weight excluding hydrogens is 321 g/mol. The van der Waals surface area contributed by atoms with Gasteiger partial charge in [-0.1, -0.05) is 18.2 Å². The number of hydrogen-bond acceptors (Lipinski definition) is 3. The van der Waals surface area contributed by atoms with Crippen LogP contribution >= 0.6 is 0 Å². The first-order valence-corrected chi connectivity index (χ1v) is 7.72. The van der Waals surface area contributed by atoms with Crippen LogP contribution in [0.5, 0.6) is 0 Å². The second kappa shape index (κ2) is 7.09. The zero-order valence-corrected chi connectivity index (χ0v) is 13.6. The van der Waals surface area contributed by atoms with Crippen molar-refractivity contribution in [2.45, 2.75) is 6.92 Å². The zero-order valence-electron chi connectivity index (χ0n) is 13.6. The lowest BCUT2D eigenvalue weighted by molar-refractivity contribution is -0.120. The van der Waals surface area contributed by atoms with Gasteiger partial charge in [0.1, 0.15) is 12.4 Å². The van der Waals surface area contributed by atoms with Crippen LogP contribution in [0.15, 0.2) is 60.8 Å². The predicted octanol–water partition coefficient (Wildman–Crippen LogP) is 3.37. The van der Waals surface area contributed by atoms with Gasteiger partial charge in [-0.25, -0.2) is 4.39 Å². The molecule has 5 nitrogen and oxygen atoms in total. The monoisotopic (exact) mass is 337 g/mol. The Bertz CT molecular complexity index is 920. The van der Waals surface area contributed by atoms with Crippen LogP contribution in [0.1, 0.15) is 6.92 Å². The predicted molar refractivity (Wildman–Crippen MR) is 94.8 cm³/mol. The van der Waals surface area contributed by atoms with E-state index in [2.05, 4.69) is 10.3 Å². The molecule has 2 aromatic carbocycles. The van der Waals surface area contributed by atoms with Crippen LogP contribution in [0.2, 0.25) is 0 Å². The van der Waals surface area contributed by atoms with Crippen molar-refractivity contribution in [3.63, 3.8) is 0 Å². The summed E-state index contributed by atoms with van der Waals surface area (Å²) in [5.74, 6) is -1.03. The van der Waals surface area contributed by atoms with E-state index in [1.165, 1.54) is 36.1 Å². The number of pyridine rings is 1. The number of fused-ring (bicyclic) bond motifs is 1. The smallest absolute Gasteiger partial charge is 0.244 e. The van der Waals surface area contributed by atoms with Crippen molar-refractivity contribution < 1.29 is 14.0 Å². The molecule has 3 aromatic rings. The highest BCUT2D eigenvalue weighted by Gasteiger charge is 2.18. The molecule has 1 heterocycles. The minimum Gasteiger partial charge on any atom is -0.325 e. The van der Waals surface area contributed by atoms with Crippen molar-refractivity contribution in [2.75, 3.05) is 16.8 Å². The molecule has 126 valence electrons. The number of hydrogen-bond donors (Lipinski definition) is 1. The fourth-order valence-electron chi connectivity index (χ4n) is 2.55. The van der Waals surface area contributed by atoms with Gasteiger partial charge in [0, 0.05) is 24.2 Å². The van der Waals surface area contributed by atoms with E-state index < -0.39 is 0 Å². The first-order valence-electron chi connectivity index (χ1n) is 7.72. The van der Waals surface area contributed by atoms with E-state index in [-0.39, 0.29) is 24.2 Å². The van der Waals surface area contributed by atoms with E-state index in [1.54, 1.807) is 12.3 Å². The summed E-state index contributed by atoms with van der Waals surface area (Å²) >= 11 is 0. The summed E-state index contributed by atoms with van der Waals surface area (Å²) in [5, 5.41) is 3.53. The summed E-state index contributed by atoms with van der Waals surface area (Å²) in [6.45, 7) is 1.23. The Kier molecular flexibility index (Phi) is 4.70. The van der Waals surface area contributed by atoms with Gasteiger partial charge in [0.05, 0.1) is 11.2 Å². The number of para-hydroxylation sites is 1. The molecule has 2 amide bonds. The Morgan fingerprint density at radius 2 is 1.80 bits per heavy atom. The molecule has 6 heteroatoms. The Hall–Kier alpha value is -3.28. The standard InChI is InChI=1S/C19H16FN3O2/c1-13(24)23(12-18(25)22-16-9-7-15(20)8-10-16)17-6-2-4-14-5-3-11-21-19(14)17/h2-11H,12H2,1H3,(H,22,25). The first kappa shape index (κ1) is 16.6. The molecule has 0 radical (unpaired) electrons. The summed E-state index contributed by atoms with van der Waals surface area (Å²) in [7, 11) is 0. The molecule has 0 aliphatic heterocycles. The Labute approximate surface area is 144 Å². The van der Waals surface area contributed by atoms with Crippen molar-refractivity contribution in [1.82, 2.24) is 4.98 Å². The number of rotatable bonds is 4. The molecule has 0 saturated carbocycles. The highest BCUT2D eigenvalue weighted by molar-refractivity contribution is 6.06. The molecule has 25 heavy (non-hydrogen) atoms. The van der Waals surface area contributed by atoms with E-state index >= 15 is 0 Å². The summed E-state index contributed by atoms with van der Waals surface area (Å²) < 4.78 is 12.9. The maximum Gasteiger partial charge on any atom is 0.244 e. The van der Waals surface area contributed by atoms with Crippen LogP contribution in [-0.4, -0.2) is 23.3 Å². The van der Waals surface area contributed by atoms with Crippen molar-refractivity contribution in [3.05, 3.63) is 66.6 Å². The average Bonchev–Trinajstić information content (AvgIpc) is 2.61. The third-order valence-electron chi connectivity index (χ3n) is 3.71. The van der Waals surface area contributed by atoms with Gasteiger partial charge in [0.25, 0.3) is 0 Å². The van der Waals surface area contributed by atoms with Crippen LogP contribution in [0, 0.1) is 5.82 Å². The van der Waals surface area contributed by atoms with Gasteiger partial charge in [0.2, 0.25) is 11.8 Å². The number of nitrogens with zero attached hydrogens (tertiary/aromatic N) is 2. The fraction of sp³-hybridized carbons (Fsp3) is 0.105. The molecule has 0 fully saturated rings. The average molecular weight is 337 g/mol. The summed E-state index contributed by atoms with van der Waals surface area (Å²) in [4.78, 5) is 30.1. The topological polar surface area (TPSA) is 62.3 Å². The number of carbonyl (C=O) groups excluding carboxylic acids is 2. The Balaban J connectivity index is 1.85. The van der Waals surface area contributed by atoms with E-state index in [9.17, 15) is 14.0 Å². The van der Waals surface area contributed by atoms with Gasteiger partial charge >= 0.3 is 0 Å². The maximum atomic E-state index is 12.9. The number of amides is 2. The molecule has 0 aliphatic carbocycles. The minimum absolute atomic E-state index is 0.164. The van der Waals surface area contributed by atoms with Crippen LogP contribution in [0.4, 0.5) is 15.8 Å². The Morgan fingerprint density at radius 1 is 1.08 bits per heavy atom. The van der Waals surface area contributed by atoms with Gasteiger partial charge in [-0.2, -0.15) is 0 Å². The van der Waals surface area contributed by atoms with Crippen molar-refractivity contribution in [1.29, 1.82) is 0 Å². The van der Waals surface area contributed by atoms with Crippen molar-refractivity contribution in [2.24, 2.45) is 0 Å². The number of anilines is 2. The minimum atomic E-state index is -0.384. The lowest BCUT2D eigenvalue weighted by atomic mass is 10.1. The molecule has 0 unspecified atom stereocenters. The number of nitrogens with one attached hydrogen (secondary N) is 1. The van der Waals surface area contributed by atoms with Gasteiger partial charge in [-0.3, -0.25) is 14.6 Å². The largest absolute Gasteiger partial charge is 0.325 e. The lowest BCUT2D eigenvalue weighted by Gasteiger charge is -2.21. The summed E-state index contributed by atoms with van der Waals surface area (Å²) in [6.07, 6.45) is 1.64. The molecule has 1 N–H and O–H groups in total. The third kappa shape index (κ3) is 3.80. The van der Waals surface area contributed by atoms with Crippen molar-refractivity contribution >= 4 is 34.1 Å². The highest BCUT2D eigenvalue weighted by atomic mass is 19.1. The van der Waals surface area contributed by atoms with Crippen LogP contribution in [-0.2, 0) is 9.59 Å². The van der Waals surface area contributed by atoms with Gasteiger partial charge < -0.3 is 10.2 Å². The lowest BCUT2D eigenvalue weighted by Crippen LogP contribution is -2.36. The molecule has 0 spiro atoms. The quantitative estimate of drug-likeness (QED) is 0.794. The number of halogens is 1.